The minimum Gasteiger partial charge on any atom is -0.444 e. The maximum atomic E-state index is 12.7. The van der Waals surface area contributed by atoms with Crippen LogP contribution >= 0.6 is 15.9 Å². The highest BCUT2D eigenvalue weighted by Crippen LogP contribution is 2.42. The van der Waals surface area contributed by atoms with E-state index in [2.05, 4.69) is 63.5 Å². The van der Waals surface area contributed by atoms with E-state index in [1.165, 1.54) is 16.5 Å². The van der Waals surface area contributed by atoms with E-state index in [1.807, 2.05) is 25.7 Å². The predicted molar refractivity (Wildman–Crippen MR) is 113 cm³/mol. The molecular formula is C21H26BrN3O2. The van der Waals surface area contributed by atoms with Gasteiger partial charge in [-0.05, 0) is 57.2 Å². The van der Waals surface area contributed by atoms with Gasteiger partial charge in [-0.1, -0.05) is 28.1 Å². The van der Waals surface area contributed by atoms with Crippen LogP contribution in [0.2, 0.25) is 0 Å². The first-order valence-electron chi connectivity index (χ1n) is 9.46. The van der Waals surface area contributed by atoms with Crippen LogP contribution in [0, 0.1) is 0 Å². The summed E-state index contributed by atoms with van der Waals surface area (Å²) >= 11 is 3.55. The summed E-state index contributed by atoms with van der Waals surface area (Å²) in [5.41, 5.74) is 1.83. The number of benzene rings is 2. The number of rotatable bonds is 1. The molecule has 0 aliphatic carbocycles. The Morgan fingerprint density at radius 1 is 1.26 bits per heavy atom. The molecule has 6 heteroatoms. The van der Waals surface area contributed by atoms with Crippen molar-refractivity contribution in [1.82, 2.24) is 4.90 Å². The number of nitrogens with zero attached hydrogens (tertiary/aromatic N) is 2. The molecule has 0 bridgehead atoms. The van der Waals surface area contributed by atoms with E-state index in [0.717, 1.165) is 29.5 Å². The molecule has 144 valence electrons. The second-order valence-electron chi connectivity index (χ2n) is 8.41. The highest BCUT2D eigenvalue weighted by atomic mass is 79.9. The van der Waals surface area contributed by atoms with Gasteiger partial charge in [-0.25, -0.2) is 4.79 Å². The molecule has 1 N–H and O–H groups in total. The maximum absolute atomic E-state index is 12.7. The number of likely N-dealkylation sites (N-methyl/N-ethyl adjacent to an activating group) is 1. The Labute approximate surface area is 168 Å². The van der Waals surface area contributed by atoms with Gasteiger partial charge in [0.15, 0.2) is 0 Å². The number of nitrogens with one attached hydrogen (secondary N) is 1. The van der Waals surface area contributed by atoms with Crippen LogP contribution in [-0.4, -0.2) is 42.4 Å². The van der Waals surface area contributed by atoms with Crippen molar-refractivity contribution in [2.45, 2.75) is 51.4 Å². The van der Waals surface area contributed by atoms with Crippen molar-refractivity contribution in [1.29, 1.82) is 0 Å². The number of hydrogen-bond donors (Lipinski definition) is 1. The van der Waals surface area contributed by atoms with Crippen LogP contribution in [0.15, 0.2) is 34.8 Å². The Morgan fingerprint density at radius 3 is 2.78 bits per heavy atom. The first-order chi connectivity index (χ1) is 12.7. The third-order valence-corrected chi connectivity index (χ3v) is 5.83. The summed E-state index contributed by atoms with van der Waals surface area (Å²) in [5, 5.41) is 6.09. The number of ether oxygens (including phenoxy) is 1. The van der Waals surface area contributed by atoms with Crippen LogP contribution in [0.1, 0.15) is 33.6 Å². The summed E-state index contributed by atoms with van der Waals surface area (Å²) in [6.45, 7) is 6.48. The molecule has 0 aromatic heterocycles. The van der Waals surface area contributed by atoms with Crippen LogP contribution in [-0.2, 0) is 4.74 Å². The first kappa shape index (κ1) is 18.4. The van der Waals surface area contributed by atoms with Gasteiger partial charge in [0, 0.05) is 23.5 Å². The molecule has 1 unspecified atom stereocenters. The van der Waals surface area contributed by atoms with Gasteiger partial charge in [-0.2, -0.15) is 0 Å². The Bertz CT molecular complexity index is 893. The van der Waals surface area contributed by atoms with Gasteiger partial charge in [0.25, 0.3) is 0 Å². The van der Waals surface area contributed by atoms with Crippen molar-refractivity contribution < 1.29 is 9.53 Å². The van der Waals surface area contributed by atoms with Crippen molar-refractivity contribution in [2.24, 2.45) is 0 Å². The zero-order valence-corrected chi connectivity index (χ0v) is 17.8. The van der Waals surface area contributed by atoms with Gasteiger partial charge >= 0.3 is 6.09 Å². The van der Waals surface area contributed by atoms with E-state index < -0.39 is 5.60 Å². The third-order valence-electron chi connectivity index (χ3n) is 5.34. The summed E-state index contributed by atoms with van der Waals surface area (Å²) < 4.78 is 6.72. The number of carbonyl (C=O) groups excluding carboxylic acids is 1. The fraction of sp³-hybridized carbons (Fsp3) is 0.476. The van der Waals surface area contributed by atoms with Crippen LogP contribution in [0.5, 0.6) is 0 Å². The number of likely N-dealkylation sites (tertiary alicyclic amines) is 1. The number of hydrogen-bond acceptors (Lipinski definition) is 4. The molecule has 2 atom stereocenters. The molecule has 5 nitrogen and oxygen atoms in total. The molecule has 0 spiro atoms. The molecule has 27 heavy (non-hydrogen) atoms. The Hall–Kier alpha value is -1.95. The van der Waals surface area contributed by atoms with E-state index in [0.29, 0.717) is 0 Å². The largest absolute Gasteiger partial charge is 0.444 e. The number of halogens is 1. The second kappa shape index (κ2) is 6.59. The summed E-state index contributed by atoms with van der Waals surface area (Å²) in [6.07, 6.45) is 1.80. The number of amides is 1. The lowest BCUT2D eigenvalue weighted by molar-refractivity contribution is 0.0214. The standard InChI is InChI=1S/C21H26BrN3O2/c1-21(2,3)27-20(26)25-11-5-6-17(25)19-23-18-15-9-8-14(22)12-13(15)7-10-16(18)24(19)4/h7-10,12,17,19,23H,5-6,11H2,1-4H3/t17-,19?/m0/s1. The first-order valence-corrected chi connectivity index (χ1v) is 10.3. The van der Waals surface area contributed by atoms with Gasteiger partial charge in [0.1, 0.15) is 11.8 Å². The van der Waals surface area contributed by atoms with Crippen LogP contribution in [0.25, 0.3) is 10.8 Å². The summed E-state index contributed by atoms with van der Waals surface area (Å²) in [6, 6.07) is 10.7. The van der Waals surface area contributed by atoms with Crippen molar-refractivity contribution in [3.05, 3.63) is 34.8 Å². The zero-order chi connectivity index (χ0) is 19.3. The van der Waals surface area contributed by atoms with Crippen molar-refractivity contribution >= 4 is 44.2 Å². The summed E-state index contributed by atoms with van der Waals surface area (Å²) in [5.74, 6) is 0. The minimum atomic E-state index is -0.480. The van der Waals surface area contributed by atoms with E-state index >= 15 is 0 Å². The monoisotopic (exact) mass is 431 g/mol. The molecular weight excluding hydrogens is 406 g/mol. The van der Waals surface area contributed by atoms with Crippen molar-refractivity contribution in [3.8, 4) is 0 Å². The normalized spacial score (nSPS) is 22.1. The molecule has 4 rings (SSSR count). The van der Waals surface area contributed by atoms with Gasteiger partial charge in [0.2, 0.25) is 0 Å². The molecule has 2 aliphatic rings. The van der Waals surface area contributed by atoms with E-state index in [9.17, 15) is 4.79 Å². The number of carbonyl (C=O) groups is 1. The highest BCUT2D eigenvalue weighted by Gasteiger charge is 2.42. The van der Waals surface area contributed by atoms with Crippen molar-refractivity contribution in [3.63, 3.8) is 0 Å². The van der Waals surface area contributed by atoms with Gasteiger partial charge in [-0.15, -0.1) is 0 Å². The van der Waals surface area contributed by atoms with E-state index in [-0.39, 0.29) is 18.3 Å². The quantitative estimate of drug-likeness (QED) is 0.674. The molecule has 2 heterocycles. The molecule has 2 aliphatic heterocycles. The SMILES string of the molecule is CN1c2ccc3cc(Br)ccc3c2NC1[C@@H]1CCCN1C(=O)OC(C)(C)C. The maximum Gasteiger partial charge on any atom is 0.410 e. The lowest BCUT2D eigenvalue weighted by Gasteiger charge is -2.35. The highest BCUT2D eigenvalue weighted by molar-refractivity contribution is 9.10. The average Bonchev–Trinajstić information content (AvgIpc) is 3.17. The zero-order valence-electron chi connectivity index (χ0n) is 16.3. The molecule has 1 fully saturated rings. The minimum absolute atomic E-state index is 0.0456. The topological polar surface area (TPSA) is 44.8 Å². The predicted octanol–water partition coefficient (Wildman–Crippen LogP) is 5.19. The number of fused-ring (bicyclic) bond motifs is 3. The van der Waals surface area contributed by atoms with Crippen LogP contribution in [0.3, 0.4) is 0 Å². The van der Waals surface area contributed by atoms with Crippen LogP contribution in [0.4, 0.5) is 16.2 Å². The van der Waals surface area contributed by atoms with E-state index in [1.54, 1.807) is 0 Å². The molecule has 1 saturated heterocycles. The third kappa shape index (κ3) is 3.35. The van der Waals surface area contributed by atoms with Gasteiger partial charge in [0.05, 0.1) is 17.4 Å². The smallest absolute Gasteiger partial charge is 0.410 e. The summed E-state index contributed by atoms with van der Waals surface area (Å²) in [4.78, 5) is 16.9. The van der Waals surface area contributed by atoms with Crippen LogP contribution < -0.4 is 10.2 Å². The molecule has 1 amide bonds. The fourth-order valence-electron chi connectivity index (χ4n) is 4.15. The lowest BCUT2D eigenvalue weighted by atomic mass is 10.1. The molecule has 0 radical (unpaired) electrons. The van der Waals surface area contributed by atoms with Crippen molar-refractivity contribution in [2.75, 3.05) is 23.8 Å². The lowest BCUT2D eigenvalue weighted by Crippen LogP contribution is -2.52. The average molecular weight is 432 g/mol. The Balaban J connectivity index is 1.63. The van der Waals surface area contributed by atoms with E-state index in [4.69, 9.17) is 4.74 Å². The fourth-order valence-corrected chi connectivity index (χ4v) is 4.53. The number of anilines is 2. The van der Waals surface area contributed by atoms with Gasteiger partial charge < -0.3 is 19.9 Å². The Kier molecular flexibility index (Phi) is 4.49. The molecule has 0 saturated carbocycles. The summed E-state index contributed by atoms with van der Waals surface area (Å²) in [7, 11) is 2.10. The van der Waals surface area contributed by atoms with Gasteiger partial charge in [-0.3, -0.25) is 0 Å². The molecule has 2 aromatic carbocycles. The Morgan fingerprint density at radius 2 is 2.04 bits per heavy atom. The molecule has 2 aromatic rings. The second-order valence-corrected chi connectivity index (χ2v) is 9.32.